The molecule has 170 valence electrons. The summed E-state index contributed by atoms with van der Waals surface area (Å²) in [4.78, 5) is 60.0. The highest BCUT2D eigenvalue weighted by molar-refractivity contribution is 6.15. The first kappa shape index (κ1) is 23.0. The van der Waals surface area contributed by atoms with Crippen molar-refractivity contribution < 1.29 is 33.4 Å². The van der Waals surface area contributed by atoms with Crippen LogP contribution in [0.1, 0.15) is 32.3 Å². The zero-order valence-corrected chi connectivity index (χ0v) is 17.8. The SMILES string of the molecule is CC(C)C(NC(=O)CCNC(=O)/C=C/c1ccc2c(c1)OCO2)C(=O)C1CC(=O)NC1=O. The maximum atomic E-state index is 12.6. The van der Waals surface area contributed by atoms with Gasteiger partial charge in [0, 0.05) is 25.5 Å². The van der Waals surface area contributed by atoms with E-state index in [1.54, 1.807) is 38.1 Å². The summed E-state index contributed by atoms with van der Waals surface area (Å²) in [7, 11) is 0. The van der Waals surface area contributed by atoms with Gasteiger partial charge in [-0.2, -0.15) is 0 Å². The molecule has 2 aliphatic heterocycles. The highest BCUT2D eigenvalue weighted by Crippen LogP contribution is 2.32. The van der Waals surface area contributed by atoms with Gasteiger partial charge in [-0.05, 0) is 29.7 Å². The molecule has 0 radical (unpaired) electrons. The molecule has 2 heterocycles. The van der Waals surface area contributed by atoms with E-state index in [9.17, 15) is 24.0 Å². The summed E-state index contributed by atoms with van der Waals surface area (Å²) in [5.41, 5.74) is 0.759. The van der Waals surface area contributed by atoms with E-state index in [4.69, 9.17) is 9.47 Å². The van der Waals surface area contributed by atoms with Gasteiger partial charge in [-0.25, -0.2) is 0 Å². The number of nitrogens with one attached hydrogen (secondary N) is 3. The van der Waals surface area contributed by atoms with Crippen molar-refractivity contribution in [2.75, 3.05) is 13.3 Å². The van der Waals surface area contributed by atoms with E-state index in [-0.39, 0.29) is 38.0 Å². The Morgan fingerprint density at radius 3 is 2.62 bits per heavy atom. The summed E-state index contributed by atoms with van der Waals surface area (Å²) in [6.07, 6.45) is 2.70. The van der Waals surface area contributed by atoms with Crippen molar-refractivity contribution in [3.05, 3.63) is 29.8 Å². The lowest BCUT2D eigenvalue weighted by Crippen LogP contribution is -2.48. The molecule has 2 atom stereocenters. The maximum absolute atomic E-state index is 12.6. The molecule has 1 aromatic carbocycles. The number of benzene rings is 1. The van der Waals surface area contributed by atoms with Gasteiger partial charge >= 0.3 is 0 Å². The van der Waals surface area contributed by atoms with Crippen molar-refractivity contribution in [2.45, 2.75) is 32.7 Å². The number of carbonyl (C=O) groups is 5. The van der Waals surface area contributed by atoms with Gasteiger partial charge in [-0.15, -0.1) is 0 Å². The number of fused-ring (bicyclic) bond motifs is 1. The molecular formula is C22H25N3O7. The van der Waals surface area contributed by atoms with Crippen molar-refractivity contribution in [3.8, 4) is 11.5 Å². The average Bonchev–Trinajstić information content (AvgIpc) is 3.34. The lowest BCUT2D eigenvalue weighted by atomic mass is 9.90. The maximum Gasteiger partial charge on any atom is 0.244 e. The first-order chi connectivity index (χ1) is 15.2. The van der Waals surface area contributed by atoms with Crippen LogP contribution in [0.25, 0.3) is 6.08 Å². The van der Waals surface area contributed by atoms with Crippen LogP contribution in [0.3, 0.4) is 0 Å². The molecule has 4 amide bonds. The molecule has 10 nitrogen and oxygen atoms in total. The summed E-state index contributed by atoms with van der Waals surface area (Å²) < 4.78 is 10.5. The monoisotopic (exact) mass is 443 g/mol. The second kappa shape index (κ2) is 10.1. The van der Waals surface area contributed by atoms with Crippen molar-refractivity contribution in [1.82, 2.24) is 16.0 Å². The van der Waals surface area contributed by atoms with E-state index < -0.39 is 35.5 Å². The van der Waals surface area contributed by atoms with Crippen LogP contribution in [0, 0.1) is 11.8 Å². The number of carbonyl (C=O) groups excluding carboxylic acids is 5. The van der Waals surface area contributed by atoms with E-state index >= 15 is 0 Å². The zero-order chi connectivity index (χ0) is 23.3. The normalized spacial score (nSPS) is 18.0. The number of Topliss-reactive ketones (excluding diaryl/α,β-unsaturated/α-hetero) is 1. The fourth-order valence-corrected chi connectivity index (χ4v) is 3.36. The molecule has 2 aliphatic rings. The Morgan fingerprint density at radius 1 is 1.19 bits per heavy atom. The smallest absolute Gasteiger partial charge is 0.244 e. The van der Waals surface area contributed by atoms with Crippen molar-refractivity contribution in [3.63, 3.8) is 0 Å². The molecule has 3 N–H and O–H groups in total. The Morgan fingerprint density at radius 2 is 1.94 bits per heavy atom. The molecule has 2 unspecified atom stereocenters. The minimum absolute atomic E-state index is 0.0457. The Bertz CT molecular complexity index is 970. The van der Waals surface area contributed by atoms with E-state index in [1.165, 1.54) is 6.08 Å². The highest BCUT2D eigenvalue weighted by Gasteiger charge is 2.40. The molecule has 1 fully saturated rings. The van der Waals surface area contributed by atoms with Gasteiger partial charge in [-0.3, -0.25) is 29.3 Å². The predicted molar refractivity (Wildman–Crippen MR) is 112 cm³/mol. The van der Waals surface area contributed by atoms with Gasteiger partial charge in [-0.1, -0.05) is 19.9 Å². The van der Waals surface area contributed by atoms with Gasteiger partial charge in [0.2, 0.25) is 30.4 Å². The Hall–Kier alpha value is -3.69. The van der Waals surface area contributed by atoms with E-state index in [0.717, 1.165) is 5.56 Å². The quantitative estimate of drug-likeness (QED) is 0.283. The summed E-state index contributed by atoms with van der Waals surface area (Å²) >= 11 is 0. The van der Waals surface area contributed by atoms with E-state index in [1.807, 2.05) is 0 Å². The molecular weight excluding hydrogens is 418 g/mol. The number of amides is 4. The molecule has 10 heteroatoms. The largest absolute Gasteiger partial charge is 0.454 e. The molecule has 3 rings (SSSR count). The van der Waals surface area contributed by atoms with Gasteiger partial charge in [0.25, 0.3) is 0 Å². The third-order valence-electron chi connectivity index (χ3n) is 5.08. The van der Waals surface area contributed by atoms with E-state index in [0.29, 0.717) is 11.5 Å². The first-order valence-corrected chi connectivity index (χ1v) is 10.3. The van der Waals surface area contributed by atoms with Crippen molar-refractivity contribution >= 4 is 35.5 Å². The lowest BCUT2D eigenvalue weighted by molar-refractivity contribution is -0.136. The molecule has 0 aliphatic carbocycles. The van der Waals surface area contributed by atoms with Crippen LogP contribution in [-0.2, 0) is 24.0 Å². The molecule has 32 heavy (non-hydrogen) atoms. The Balaban J connectivity index is 1.45. The number of hydrogen-bond acceptors (Lipinski definition) is 7. The Kier molecular flexibility index (Phi) is 7.24. The average molecular weight is 443 g/mol. The lowest BCUT2D eigenvalue weighted by Gasteiger charge is -2.23. The summed E-state index contributed by atoms with van der Waals surface area (Å²) in [5.74, 6) is -2.55. The third-order valence-corrected chi connectivity index (χ3v) is 5.08. The second-order valence-corrected chi connectivity index (χ2v) is 7.85. The van der Waals surface area contributed by atoms with Gasteiger partial charge in [0.05, 0.1) is 6.04 Å². The highest BCUT2D eigenvalue weighted by atomic mass is 16.7. The predicted octanol–water partition coefficient (Wildman–Crippen LogP) is 0.307. The summed E-state index contributed by atoms with van der Waals surface area (Å²) in [6, 6.07) is 4.39. The third kappa shape index (κ3) is 5.71. The summed E-state index contributed by atoms with van der Waals surface area (Å²) in [5, 5.41) is 7.31. The minimum atomic E-state index is -1.09. The Labute approximate surface area is 184 Å². The van der Waals surface area contributed by atoms with Gasteiger partial charge < -0.3 is 20.1 Å². The number of rotatable bonds is 9. The fraction of sp³-hybridized carbons (Fsp3) is 0.409. The van der Waals surface area contributed by atoms with Crippen LogP contribution in [-0.4, -0.2) is 48.8 Å². The standard InChI is InChI=1S/C22H25N3O7/c1-12(2)20(21(29)14-10-19(28)25-22(14)30)24-18(27)7-8-23-17(26)6-4-13-3-5-15-16(9-13)32-11-31-15/h3-6,9,12,14,20H,7-8,10-11H2,1-2H3,(H,23,26)(H,24,27)(H,25,28,30)/b6-4+. The minimum Gasteiger partial charge on any atom is -0.454 e. The van der Waals surface area contributed by atoms with Crippen LogP contribution in [0.5, 0.6) is 11.5 Å². The molecule has 0 aromatic heterocycles. The van der Waals surface area contributed by atoms with Crippen LogP contribution in [0.2, 0.25) is 0 Å². The van der Waals surface area contributed by atoms with Crippen LogP contribution >= 0.6 is 0 Å². The molecule has 1 saturated heterocycles. The topological polar surface area (TPSA) is 140 Å². The number of hydrogen-bond donors (Lipinski definition) is 3. The van der Waals surface area contributed by atoms with Crippen LogP contribution in [0.15, 0.2) is 24.3 Å². The van der Waals surface area contributed by atoms with Crippen molar-refractivity contribution in [2.24, 2.45) is 11.8 Å². The number of imide groups is 1. The molecule has 0 spiro atoms. The molecule has 0 bridgehead atoms. The van der Waals surface area contributed by atoms with Gasteiger partial charge in [0.15, 0.2) is 17.3 Å². The number of ether oxygens (including phenoxy) is 2. The van der Waals surface area contributed by atoms with Crippen LogP contribution in [0.4, 0.5) is 0 Å². The van der Waals surface area contributed by atoms with Crippen LogP contribution < -0.4 is 25.4 Å². The van der Waals surface area contributed by atoms with E-state index in [2.05, 4.69) is 16.0 Å². The number of ketones is 1. The molecule has 0 saturated carbocycles. The zero-order valence-electron chi connectivity index (χ0n) is 17.8. The fourth-order valence-electron chi connectivity index (χ4n) is 3.36. The van der Waals surface area contributed by atoms with Crippen molar-refractivity contribution in [1.29, 1.82) is 0 Å². The molecule has 1 aromatic rings. The second-order valence-electron chi connectivity index (χ2n) is 7.85. The van der Waals surface area contributed by atoms with Gasteiger partial charge in [0.1, 0.15) is 5.92 Å². The summed E-state index contributed by atoms with van der Waals surface area (Å²) in [6.45, 7) is 3.71. The first-order valence-electron chi connectivity index (χ1n) is 10.3.